The van der Waals surface area contributed by atoms with Gasteiger partial charge >= 0.3 is 6.18 Å². The topological polar surface area (TPSA) is 38.3 Å². The molecule has 1 saturated heterocycles. The summed E-state index contributed by atoms with van der Waals surface area (Å²) < 4.78 is 43.5. The molecule has 0 aliphatic carbocycles. The highest BCUT2D eigenvalue weighted by Gasteiger charge is 2.34. The van der Waals surface area contributed by atoms with Gasteiger partial charge in [0.05, 0.1) is 17.2 Å². The summed E-state index contributed by atoms with van der Waals surface area (Å²) in [5, 5.41) is 2.49. The summed E-state index contributed by atoms with van der Waals surface area (Å²) in [4.78, 5) is 11.8. The number of nitrogens with one attached hydrogen (secondary N) is 1. The summed E-state index contributed by atoms with van der Waals surface area (Å²) in [6, 6.07) is 4.75. The highest BCUT2D eigenvalue weighted by atomic mass is 19.4. The number of ether oxygens (including phenoxy) is 1. The zero-order valence-corrected chi connectivity index (χ0v) is 10.2. The van der Waals surface area contributed by atoms with E-state index in [1.807, 2.05) is 0 Å². The maximum atomic E-state index is 12.7. The molecule has 19 heavy (non-hydrogen) atoms. The van der Waals surface area contributed by atoms with Crippen LogP contribution in [-0.2, 0) is 10.9 Å². The van der Waals surface area contributed by atoms with Gasteiger partial charge in [-0.15, -0.1) is 0 Å². The van der Waals surface area contributed by atoms with E-state index in [2.05, 4.69) is 5.32 Å². The van der Waals surface area contributed by atoms with Crippen molar-refractivity contribution in [1.29, 1.82) is 0 Å². The van der Waals surface area contributed by atoms with Gasteiger partial charge < -0.3 is 10.1 Å². The molecule has 1 amide bonds. The first-order chi connectivity index (χ1) is 8.98. The Labute approximate surface area is 108 Å². The Bertz CT molecular complexity index is 453. The molecule has 1 aromatic rings. The third kappa shape index (κ3) is 3.47. The standard InChI is InChI=1S/C13H14F3NO2/c14-13(15,16)11-6-2-1-5-10(11)12(18)17-8-9-4-3-7-19-9/h1-2,5-6,9H,3-4,7-8H2,(H,17,18)/t9-/m1/s1. The first-order valence-electron chi connectivity index (χ1n) is 6.04. The van der Waals surface area contributed by atoms with Gasteiger partial charge in [-0.3, -0.25) is 4.79 Å². The van der Waals surface area contributed by atoms with Crippen LogP contribution in [0.15, 0.2) is 24.3 Å². The molecule has 0 saturated carbocycles. The molecule has 1 N–H and O–H groups in total. The number of alkyl halides is 3. The highest BCUT2D eigenvalue weighted by Crippen LogP contribution is 2.31. The van der Waals surface area contributed by atoms with Crippen molar-refractivity contribution < 1.29 is 22.7 Å². The number of hydrogen-bond donors (Lipinski definition) is 1. The second-order valence-electron chi connectivity index (χ2n) is 4.39. The van der Waals surface area contributed by atoms with Gasteiger partial charge in [-0.25, -0.2) is 0 Å². The molecule has 1 fully saturated rings. The Hall–Kier alpha value is -1.56. The summed E-state index contributed by atoms with van der Waals surface area (Å²) in [6.45, 7) is 0.880. The Kier molecular flexibility index (Phi) is 4.09. The fourth-order valence-electron chi connectivity index (χ4n) is 2.04. The largest absolute Gasteiger partial charge is 0.417 e. The minimum absolute atomic E-state index is 0.0954. The number of rotatable bonds is 3. The Morgan fingerprint density at radius 3 is 2.74 bits per heavy atom. The lowest BCUT2D eigenvalue weighted by Crippen LogP contribution is -2.33. The predicted molar refractivity (Wildman–Crippen MR) is 62.8 cm³/mol. The first kappa shape index (κ1) is 13.9. The summed E-state index contributed by atoms with van der Waals surface area (Å²) in [7, 11) is 0. The average molecular weight is 273 g/mol. The number of halogens is 3. The van der Waals surface area contributed by atoms with E-state index in [0.29, 0.717) is 6.61 Å². The van der Waals surface area contributed by atoms with Crippen LogP contribution in [0.25, 0.3) is 0 Å². The van der Waals surface area contributed by atoms with Crippen LogP contribution in [0.4, 0.5) is 13.2 Å². The van der Waals surface area contributed by atoms with E-state index >= 15 is 0 Å². The van der Waals surface area contributed by atoms with E-state index in [-0.39, 0.29) is 18.2 Å². The van der Waals surface area contributed by atoms with E-state index in [4.69, 9.17) is 4.74 Å². The van der Waals surface area contributed by atoms with Crippen LogP contribution in [0.1, 0.15) is 28.8 Å². The molecule has 1 aromatic carbocycles. The number of amides is 1. The summed E-state index contributed by atoms with van der Waals surface area (Å²) in [5.74, 6) is -0.719. The fourth-order valence-corrected chi connectivity index (χ4v) is 2.04. The van der Waals surface area contributed by atoms with Crippen molar-refractivity contribution in [2.75, 3.05) is 13.2 Å². The minimum atomic E-state index is -4.53. The highest BCUT2D eigenvalue weighted by molar-refractivity contribution is 5.95. The molecular weight excluding hydrogens is 259 g/mol. The van der Waals surface area contributed by atoms with Gasteiger partial charge in [0, 0.05) is 13.2 Å². The summed E-state index contributed by atoms with van der Waals surface area (Å²) >= 11 is 0. The van der Waals surface area contributed by atoms with E-state index in [1.165, 1.54) is 18.2 Å². The van der Waals surface area contributed by atoms with Crippen molar-refractivity contribution in [3.63, 3.8) is 0 Å². The smallest absolute Gasteiger partial charge is 0.376 e. The van der Waals surface area contributed by atoms with Gasteiger partial charge in [0.1, 0.15) is 0 Å². The Balaban J connectivity index is 2.06. The molecule has 6 heteroatoms. The van der Waals surface area contributed by atoms with Crippen molar-refractivity contribution in [3.05, 3.63) is 35.4 Å². The minimum Gasteiger partial charge on any atom is -0.376 e. The predicted octanol–water partition coefficient (Wildman–Crippen LogP) is 2.61. The van der Waals surface area contributed by atoms with Crippen LogP contribution in [0, 0.1) is 0 Å². The molecule has 0 bridgehead atoms. The van der Waals surface area contributed by atoms with Crippen molar-refractivity contribution >= 4 is 5.91 Å². The third-order valence-electron chi connectivity index (χ3n) is 2.99. The van der Waals surface area contributed by atoms with Gasteiger partial charge in [-0.05, 0) is 25.0 Å². The van der Waals surface area contributed by atoms with Crippen molar-refractivity contribution in [2.45, 2.75) is 25.1 Å². The average Bonchev–Trinajstić information content (AvgIpc) is 2.88. The lowest BCUT2D eigenvalue weighted by atomic mass is 10.1. The number of carbonyl (C=O) groups is 1. The molecule has 0 spiro atoms. The van der Waals surface area contributed by atoms with E-state index in [9.17, 15) is 18.0 Å². The number of carbonyl (C=O) groups excluding carboxylic acids is 1. The number of hydrogen-bond acceptors (Lipinski definition) is 2. The van der Waals surface area contributed by atoms with Crippen LogP contribution in [-0.4, -0.2) is 25.2 Å². The van der Waals surface area contributed by atoms with Gasteiger partial charge in [0.15, 0.2) is 0 Å². The van der Waals surface area contributed by atoms with E-state index in [1.54, 1.807) is 0 Å². The van der Waals surface area contributed by atoms with Gasteiger partial charge in [-0.2, -0.15) is 13.2 Å². The SMILES string of the molecule is O=C(NC[C@H]1CCCO1)c1ccccc1C(F)(F)F. The molecule has 0 radical (unpaired) electrons. The summed E-state index contributed by atoms with van der Waals surface area (Å²) in [5.41, 5.74) is -1.27. The lowest BCUT2D eigenvalue weighted by Gasteiger charge is -2.14. The molecule has 2 rings (SSSR count). The Morgan fingerprint density at radius 1 is 1.37 bits per heavy atom. The normalized spacial score (nSPS) is 19.4. The zero-order valence-electron chi connectivity index (χ0n) is 10.2. The molecule has 3 nitrogen and oxygen atoms in total. The van der Waals surface area contributed by atoms with Crippen LogP contribution in [0.3, 0.4) is 0 Å². The zero-order chi connectivity index (χ0) is 13.9. The lowest BCUT2D eigenvalue weighted by molar-refractivity contribution is -0.137. The maximum absolute atomic E-state index is 12.7. The Morgan fingerprint density at radius 2 is 2.11 bits per heavy atom. The molecule has 1 heterocycles. The fraction of sp³-hybridized carbons (Fsp3) is 0.462. The second kappa shape index (κ2) is 5.61. The monoisotopic (exact) mass is 273 g/mol. The first-order valence-corrected chi connectivity index (χ1v) is 6.04. The molecule has 1 atom stereocenters. The van der Waals surface area contributed by atoms with Crippen molar-refractivity contribution in [2.24, 2.45) is 0 Å². The quantitative estimate of drug-likeness (QED) is 0.919. The summed E-state index contributed by atoms with van der Waals surface area (Å²) in [6.07, 6.45) is -2.89. The molecular formula is C13H14F3NO2. The van der Waals surface area contributed by atoms with E-state index in [0.717, 1.165) is 18.9 Å². The van der Waals surface area contributed by atoms with Crippen LogP contribution in [0.5, 0.6) is 0 Å². The third-order valence-corrected chi connectivity index (χ3v) is 2.99. The molecule has 104 valence electrons. The van der Waals surface area contributed by atoms with Gasteiger partial charge in [0.2, 0.25) is 0 Å². The molecule has 0 aromatic heterocycles. The van der Waals surface area contributed by atoms with Crippen LogP contribution in [0.2, 0.25) is 0 Å². The second-order valence-corrected chi connectivity index (χ2v) is 4.39. The van der Waals surface area contributed by atoms with Gasteiger partial charge in [0.25, 0.3) is 5.91 Å². The molecule has 0 unspecified atom stereocenters. The van der Waals surface area contributed by atoms with Crippen molar-refractivity contribution in [1.82, 2.24) is 5.32 Å². The van der Waals surface area contributed by atoms with Crippen LogP contribution < -0.4 is 5.32 Å². The van der Waals surface area contributed by atoms with E-state index < -0.39 is 17.6 Å². The van der Waals surface area contributed by atoms with Crippen molar-refractivity contribution in [3.8, 4) is 0 Å². The molecule has 1 aliphatic rings. The maximum Gasteiger partial charge on any atom is 0.417 e. The van der Waals surface area contributed by atoms with Crippen LogP contribution >= 0.6 is 0 Å². The van der Waals surface area contributed by atoms with Gasteiger partial charge in [-0.1, -0.05) is 12.1 Å². The number of benzene rings is 1. The molecule has 1 aliphatic heterocycles.